The van der Waals surface area contributed by atoms with Crippen molar-refractivity contribution in [1.82, 2.24) is 9.97 Å². The van der Waals surface area contributed by atoms with Gasteiger partial charge in [-0.2, -0.15) is 0 Å². The third-order valence-electron chi connectivity index (χ3n) is 2.49. The van der Waals surface area contributed by atoms with Crippen molar-refractivity contribution in [2.75, 3.05) is 0 Å². The highest BCUT2D eigenvalue weighted by molar-refractivity contribution is 6.32. The number of rotatable bonds is 2. The van der Waals surface area contributed by atoms with Crippen LogP contribution in [0.15, 0.2) is 18.2 Å². The van der Waals surface area contributed by atoms with Crippen molar-refractivity contribution in [3.63, 3.8) is 0 Å². The fourth-order valence-electron chi connectivity index (χ4n) is 1.63. The maximum absolute atomic E-state index is 9.55. The van der Waals surface area contributed by atoms with Gasteiger partial charge in [0.25, 0.3) is 0 Å². The van der Waals surface area contributed by atoms with Crippen molar-refractivity contribution in [3.8, 4) is 17.0 Å². The minimum Gasteiger partial charge on any atom is -0.506 e. The molecule has 0 aliphatic heterocycles. The summed E-state index contributed by atoms with van der Waals surface area (Å²) in [5.74, 6) is 1.03. The number of nitrogens with one attached hydrogen (secondary N) is 1. The van der Waals surface area contributed by atoms with Crippen molar-refractivity contribution < 1.29 is 5.11 Å². The first-order valence-corrected chi connectivity index (χ1v) is 5.54. The number of aromatic hydroxyl groups is 1. The van der Waals surface area contributed by atoms with Gasteiger partial charge in [0.05, 0.1) is 10.7 Å². The molecule has 0 unspecified atom stereocenters. The maximum Gasteiger partial charge on any atom is 0.134 e. The lowest BCUT2D eigenvalue weighted by Crippen LogP contribution is -1.82. The molecule has 1 aromatic heterocycles. The van der Waals surface area contributed by atoms with E-state index in [0.29, 0.717) is 5.02 Å². The lowest BCUT2D eigenvalue weighted by atomic mass is 10.1. The lowest BCUT2D eigenvalue weighted by molar-refractivity contribution is 0.476. The number of phenolic OH excluding ortho intramolecular Hbond substituents is 1. The number of hydrogen-bond acceptors (Lipinski definition) is 2. The van der Waals surface area contributed by atoms with Crippen LogP contribution in [0.25, 0.3) is 11.3 Å². The Labute approximate surface area is 99.1 Å². The zero-order chi connectivity index (χ0) is 11.7. The van der Waals surface area contributed by atoms with E-state index in [1.54, 1.807) is 12.1 Å². The molecule has 2 aromatic rings. The van der Waals surface area contributed by atoms with Crippen LogP contribution < -0.4 is 0 Å². The molecule has 16 heavy (non-hydrogen) atoms. The second-order valence-electron chi connectivity index (χ2n) is 3.68. The Morgan fingerprint density at radius 1 is 1.44 bits per heavy atom. The van der Waals surface area contributed by atoms with Crippen molar-refractivity contribution in [1.29, 1.82) is 0 Å². The summed E-state index contributed by atoms with van der Waals surface area (Å²) in [6.07, 6.45) is 0.862. The highest BCUT2D eigenvalue weighted by atomic mass is 35.5. The summed E-state index contributed by atoms with van der Waals surface area (Å²) < 4.78 is 0. The molecule has 0 spiro atoms. The van der Waals surface area contributed by atoms with Crippen LogP contribution in [0.3, 0.4) is 0 Å². The molecule has 0 amide bonds. The van der Waals surface area contributed by atoms with Gasteiger partial charge in [0.1, 0.15) is 11.6 Å². The molecular formula is C12H13ClN2O. The van der Waals surface area contributed by atoms with Crippen LogP contribution in [-0.4, -0.2) is 15.1 Å². The molecule has 0 aliphatic carbocycles. The number of halogens is 1. The first kappa shape index (κ1) is 11.0. The predicted octanol–water partition coefficient (Wildman–Crippen LogP) is 3.31. The van der Waals surface area contributed by atoms with E-state index in [1.165, 1.54) is 0 Å². The van der Waals surface area contributed by atoms with E-state index in [0.717, 1.165) is 29.2 Å². The third-order valence-corrected chi connectivity index (χ3v) is 2.81. The number of hydrogen-bond donors (Lipinski definition) is 2. The highest BCUT2D eigenvalue weighted by Gasteiger charge is 2.09. The predicted molar refractivity (Wildman–Crippen MR) is 64.8 cm³/mol. The quantitative estimate of drug-likeness (QED) is 0.841. The minimum atomic E-state index is 0.0830. The molecule has 0 atom stereocenters. The van der Waals surface area contributed by atoms with E-state index in [-0.39, 0.29) is 5.75 Å². The molecule has 0 bridgehead atoms. The minimum absolute atomic E-state index is 0.0830. The van der Waals surface area contributed by atoms with E-state index in [4.69, 9.17) is 11.6 Å². The Morgan fingerprint density at radius 2 is 2.19 bits per heavy atom. The fraction of sp³-hybridized carbons (Fsp3) is 0.250. The summed E-state index contributed by atoms with van der Waals surface area (Å²) in [5, 5.41) is 9.90. The third kappa shape index (κ3) is 1.91. The molecule has 2 N–H and O–H groups in total. The van der Waals surface area contributed by atoms with Crippen molar-refractivity contribution in [2.24, 2.45) is 0 Å². The lowest BCUT2D eigenvalue weighted by Gasteiger charge is -2.01. The number of nitrogens with zero attached hydrogens (tertiary/aromatic N) is 1. The van der Waals surface area contributed by atoms with Gasteiger partial charge < -0.3 is 10.1 Å². The first-order valence-electron chi connectivity index (χ1n) is 5.16. The summed E-state index contributed by atoms with van der Waals surface area (Å²) in [7, 11) is 0. The Balaban J connectivity index is 2.49. The van der Waals surface area contributed by atoms with E-state index in [2.05, 4.69) is 9.97 Å². The van der Waals surface area contributed by atoms with Crippen LogP contribution in [0.1, 0.15) is 18.4 Å². The van der Waals surface area contributed by atoms with Crippen LogP contribution in [-0.2, 0) is 6.42 Å². The number of phenols is 1. The number of H-pyrrole nitrogens is 1. The zero-order valence-corrected chi connectivity index (χ0v) is 9.97. The molecule has 0 aliphatic rings. The molecular weight excluding hydrogens is 224 g/mol. The number of benzene rings is 1. The van der Waals surface area contributed by atoms with Gasteiger partial charge in [-0.3, -0.25) is 0 Å². The SMILES string of the molecule is CCc1nc(-c2ccc(Cl)c(O)c2)c(C)[nH]1. The molecule has 1 aromatic carbocycles. The van der Waals surface area contributed by atoms with Gasteiger partial charge in [-0.1, -0.05) is 24.6 Å². The van der Waals surface area contributed by atoms with Crippen molar-refractivity contribution >= 4 is 11.6 Å². The molecule has 3 nitrogen and oxygen atoms in total. The number of aryl methyl sites for hydroxylation is 2. The second-order valence-corrected chi connectivity index (χ2v) is 4.08. The maximum atomic E-state index is 9.55. The van der Waals surface area contributed by atoms with Crippen LogP contribution in [0.5, 0.6) is 5.75 Å². The van der Waals surface area contributed by atoms with Gasteiger partial charge in [-0.15, -0.1) is 0 Å². The highest BCUT2D eigenvalue weighted by Crippen LogP contribution is 2.30. The van der Waals surface area contributed by atoms with E-state index < -0.39 is 0 Å². The largest absolute Gasteiger partial charge is 0.506 e. The summed E-state index contributed by atoms with van der Waals surface area (Å²) in [6, 6.07) is 5.15. The van der Waals surface area contributed by atoms with Gasteiger partial charge in [0.15, 0.2) is 0 Å². The van der Waals surface area contributed by atoms with Gasteiger partial charge >= 0.3 is 0 Å². The average Bonchev–Trinajstić information content (AvgIpc) is 2.64. The van der Waals surface area contributed by atoms with Crippen LogP contribution in [0.2, 0.25) is 5.02 Å². The molecule has 0 saturated heterocycles. The molecule has 84 valence electrons. The summed E-state index contributed by atoms with van der Waals surface area (Å²) in [5.41, 5.74) is 2.73. The number of imidazole rings is 1. The normalized spacial score (nSPS) is 10.7. The first-order chi connectivity index (χ1) is 7.61. The van der Waals surface area contributed by atoms with E-state index >= 15 is 0 Å². The summed E-state index contributed by atoms with van der Waals surface area (Å²) in [4.78, 5) is 7.66. The Hall–Kier alpha value is -1.48. The monoisotopic (exact) mass is 236 g/mol. The number of aromatic amines is 1. The zero-order valence-electron chi connectivity index (χ0n) is 9.21. The van der Waals surface area contributed by atoms with E-state index in [9.17, 15) is 5.11 Å². The Morgan fingerprint density at radius 3 is 2.75 bits per heavy atom. The molecule has 1 heterocycles. The Kier molecular flexibility index (Phi) is 2.88. The molecule has 2 rings (SSSR count). The van der Waals surface area contributed by atoms with E-state index in [1.807, 2.05) is 19.9 Å². The topological polar surface area (TPSA) is 48.9 Å². The Bertz CT molecular complexity index is 520. The molecule has 0 radical (unpaired) electrons. The second kappa shape index (κ2) is 4.18. The standard InChI is InChI=1S/C12H13ClN2O/c1-3-11-14-7(2)12(15-11)8-4-5-9(13)10(16)6-8/h4-6,16H,3H2,1-2H3,(H,14,15). The smallest absolute Gasteiger partial charge is 0.134 e. The number of aromatic nitrogens is 2. The van der Waals surface area contributed by atoms with Crippen LogP contribution in [0, 0.1) is 6.92 Å². The summed E-state index contributed by atoms with van der Waals surface area (Å²) in [6.45, 7) is 4.01. The van der Waals surface area contributed by atoms with Crippen molar-refractivity contribution in [2.45, 2.75) is 20.3 Å². The van der Waals surface area contributed by atoms with Crippen LogP contribution in [0.4, 0.5) is 0 Å². The van der Waals surface area contributed by atoms with Gasteiger partial charge in [0.2, 0.25) is 0 Å². The summed E-state index contributed by atoms with van der Waals surface area (Å²) >= 11 is 5.76. The van der Waals surface area contributed by atoms with Crippen molar-refractivity contribution in [3.05, 3.63) is 34.7 Å². The van der Waals surface area contributed by atoms with Gasteiger partial charge in [0, 0.05) is 17.7 Å². The molecule has 0 saturated carbocycles. The fourth-order valence-corrected chi connectivity index (χ4v) is 1.75. The molecule has 4 heteroatoms. The molecule has 0 fully saturated rings. The van der Waals surface area contributed by atoms with Gasteiger partial charge in [-0.25, -0.2) is 4.98 Å². The van der Waals surface area contributed by atoms with Crippen LogP contribution >= 0.6 is 11.6 Å². The average molecular weight is 237 g/mol. The van der Waals surface area contributed by atoms with Gasteiger partial charge in [-0.05, 0) is 19.1 Å².